The monoisotopic (exact) mass is 313 g/mol. The fourth-order valence-electron chi connectivity index (χ4n) is 1.69. The van der Waals surface area contributed by atoms with E-state index >= 15 is 0 Å². The van der Waals surface area contributed by atoms with Crippen molar-refractivity contribution in [2.24, 2.45) is 0 Å². The topological polar surface area (TPSA) is 63.7 Å². The maximum Gasteiger partial charge on any atom is 0.424 e. The first-order chi connectivity index (χ1) is 9.49. The molecule has 0 atom stereocenters. The van der Waals surface area contributed by atoms with Crippen LogP contribution >= 0.6 is 0 Å². The Hall–Kier alpha value is -1.56. The van der Waals surface area contributed by atoms with Crippen molar-refractivity contribution >= 4 is 16.1 Å². The summed E-state index contributed by atoms with van der Waals surface area (Å²) >= 11 is 0. The molecule has 5 nitrogen and oxygen atoms in total. The van der Waals surface area contributed by atoms with Crippen LogP contribution in [-0.4, -0.2) is 37.2 Å². The standard InChI is InChI=1S/C15H23NO4S/c1-12-6-8-13(9-7-12)10-11-16(21(5,18)19)14(17)20-15(2,3)4/h6-9H,10-11H2,1-5H3. The van der Waals surface area contributed by atoms with Crippen LogP contribution in [0.4, 0.5) is 4.79 Å². The Labute approximate surface area is 127 Å². The molecule has 0 bridgehead atoms. The zero-order chi connectivity index (χ0) is 16.3. The van der Waals surface area contributed by atoms with Crippen LogP contribution in [0, 0.1) is 6.92 Å². The Balaban J connectivity index is 2.80. The van der Waals surface area contributed by atoms with Gasteiger partial charge in [-0.3, -0.25) is 0 Å². The van der Waals surface area contributed by atoms with Crippen molar-refractivity contribution in [2.75, 3.05) is 12.8 Å². The Morgan fingerprint density at radius 3 is 2.14 bits per heavy atom. The molecular formula is C15H23NO4S. The molecule has 1 rings (SSSR count). The van der Waals surface area contributed by atoms with E-state index in [2.05, 4.69) is 0 Å². The van der Waals surface area contributed by atoms with Crippen LogP contribution in [0.25, 0.3) is 0 Å². The zero-order valence-corrected chi connectivity index (χ0v) is 14.0. The minimum Gasteiger partial charge on any atom is -0.443 e. The molecule has 0 aliphatic heterocycles. The highest BCUT2D eigenvalue weighted by Gasteiger charge is 2.28. The average molecular weight is 313 g/mol. The molecule has 0 unspecified atom stereocenters. The first-order valence-electron chi connectivity index (χ1n) is 6.75. The van der Waals surface area contributed by atoms with Crippen LogP contribution in [0.2, 0.25) is 0 Å². The number of sulfonamides is 1. The minimum absolute atomic E-state index is 0.0663. The summed E-state index contributed by atoms with van der Waals surface area (Å²) < 4.78 is 29.4. The van der Waals surface area contributed by atoms with Crippen LogP contribution < -0.4 is 0 Å². The van der Waals surface area contributed by atoms with E-state index in [4.69, 9.17) is 4.74 Å². The van der Waals surface area contributed by atoms with Crippen LogP contribution in [0.1, 0.15) is 31.9 Å². The third-order valence-corrected chi connectivity index (χ3v) is 3.85. The number of aryl methyl sites for hydroxylation is 1. The summed E-state index contributed by atoms with van der Waals surface area (Å²) in [4.78, 5) is 12.0. The summed E-state index contributed by atoms with van der Waals surface area (Å²) in [5.41, 5.74) is 1.37. The van der Waals surface area contributed by atoms with Gasteiger partial charge in [0.1, 0.15) is 5.60 Å². The van der Waals surface area contributed by atoms with Gasteiger partial charge in [-0.25, -0.2) is 17.5 Å². The quantitative estimate of drug-likeness (QED) is 0.857. The van der Waals surface area contributed by atoms with E-state index in [9.17, 15) is 13.2 Å². The second-order valence-electron chi connectivity index (χ2n) is 6.05. The van der Waals surface area contributed by atoms with Gasteiger partial charge in [-0.2, -0.15) is 0 Å². The van der Waals surface area contributed by atoms with Gasteiger partial charge in [-0.05, 0) is 39.7 Å². The van der Waals surface area contributed by atoms with Crippen molar-refractivity contribution in [2.45, 2.75) is 39.7 Å². The molecule has 0 aliphatic rings. The molecule has 0 fully saturated rings. The molecule has 0 aliphatic carbocycles. The second kappa shape index (κ2) is 6.47. The normalized spacial score (nSPS) is 12.0. The number of rotatable bonds is 4. The van der Waals surface area contributed by atoms with Crippen LogP contribution in [-0.2, 0) is 21.2 Å². The number of hydrogen-bond donors (Lipinski definition) is 0. The summed E-state index contributed by atoms with van der Waals surface area (Å²) in [6, 6.07) is 7.75. The average Bonchev–Trinajstić information content (AvgIpc) is 2.27. The predicted molar refractivity (Wildman–Crippen MR) is 82.7 cm³/mol. The highest BCUT2D eigenvalue weighted by atomic mass is 32.2. The SMILES string of the molecule is Cc1ccc(CCN(C(=O)OC(C)(C)C)S(C)(=O)=O)cc1. The molecule has 1 amide bonds. The Morgan fingerprint density at radius 1 is 1.19 bits per heavy atom. The number of benzene rings is 1. The fraction of sp³-hybridized carbons (Fsp3) is 0.533. The van der Waals surface area contributed by atoms with Gasteiger partial charge in [-0.15, -0.1) is 0 Å². The summed E-state index contributed by atoms with van der Waals surface area (Å²) in [7, 11) is -3.66. The molecule has 1 aromatic rings. The molecule has 0 aromatic heterocycles. The first kappa shape index (κ1) is 17.5. The minimum atomic E-state index is -3.66. The fourth-order valence-corrected chi connectivity index (χ4v) is 2.42. The number of amides is 1. The summed E-state index contributed by atoms with van der Waals surface area (Å²) in [5, 5.41) is 0. The van der Waals surface area contributed by atoms with E-state index < -0.39 is 21.7 Å². The third kappa shape index (κ3) is 6.16. The molecule has 1 aromatic carbocycles. The maximum absolute atomic E-state index is 12.0. The molecule has 6 heteroatoms. The molecule has 21 heavy (non-hydrogen) atoms. The highest BCUT2D eigenvalue weighted by molar-refractivity contribution is 7.88. The molecule has 0 heterocycles. The largest absolute Gasteiger partial charge is 0.443 e. The summed E-state index contributed by atoms with van der Waals surface area (Å²) in [6.45, 7) is 7.14. The molecule has 0 N–H and O–H groups in total. The zero-order valence-electron chi connectivity index (χ0n) is 13.2. The van der Waals surface area contributed by atoms with Gasteiger partial charge in [-0.1, -0.05) is 29.8 Å². The van der Waals surface area contributed by atoms with Crippen molar-refractivity contribution < 1.29 is 17.9 Å². The number of nitrogens with zero attached hydrogens (tertiary/aromatic N) is 1. The van der Waals surface area contributed by atoms with Crippen molar-refractivity contribution in [3.63, 3.8) is 0 Å². The van der Waals surface area contributed by atoms with Crippen molar-refractivity contribution in [1.82, 2.24) is 4.31 Å². The van der Waals surface area contributed by atoms with Crippen LogP contribution in [0.3, 0.4) is 0 Å². The van der Waals surface area contributed by atoms with Gasteiger partial charge in [0.2, 0.25) is 10.0 Å². The van der Waals surface area contributed by atoms with E-state index in [1.807, 2.05) is 31.2 Å². The number of carbonyl (C=O) groups is 1. The molecule has 0 spiro atoms. The maximum atomic E-state index is 12.0. The lowest BCUT2D eigenvalue weighted by Gasteiger charge is -2.25. The van der Waals surface area contributed by atoms with E-state index in [0.29, 0.717) is 6.42 Å². The van der Waals surface area contributed by atoms with Gasteiger partial charge >= 0.3 is 6.09 Å². The number of hydrogen-bond acceptors (Lipinski definition) is 4. The van der Waals surface area contributed by atoms with Crippen LogP contribution in [0.15, 0.2) is 24.3 Å². The smallest absolute Gasteiger partial charge is 0.424 e. The van der Waals surface area contributed by atoms with Gasteiger partial charge in [0.05, 0.1) is 6.26 Å². The van der Waals surface area contributed by atoms with E-state index in [0.717, 1.165) is 21.7 Å². The van der Waals surface area contributed by atoms with E-state index in [-0.39, 0.29) is 6.54 Å². The van der Waals surface area contributed by atoms with Crippen molar-refractivity contribution in [3.05, 3.63) is 35.4 Å². The Bertz CT molecular complexity index is 585. The molecule has 0 radical (unpaired) electrons. The van der Waals surface area contributed by atoms with Gasteiger partial charge in [0.25, 0.3) is 0 Å². The molecule has 0 saturated carbocycles. The Morgan fingerprint density at radius 2 is 1.71 bits per heavy atom. The number of ether oxygens (including phenoxy) is 1. The summed E-state index contributed by atoms with van der Waals surface area (Å²) in [6.07, 6.45) is 0.621. The molecule has 0 saturated heterocycles. The third-order valence-electron chi connectivity index (χ3n) is 2.72. The second-order valence-corrected chi connectivity index (χ2v) is 7.96. The van der Waals surface area contributed by atoms with Crippen LogP contribution in [0.5, 0.6) is 0 Å². The van der Waals surface area contributed by atoms with E-state index in [1.54, 1.807) is 20.8 Å². The Kier molecular flexibility index (Phi) is 5.39. The van der Waals surface area contributed by atoms with Gasteiger partial charge < -0.3 is 4.74 Å². The number of carbonyl (C=O) groups excluding carboxylic acids is 1. The van der Waals surface area contributed by atoms with Gasteiger partial charge in [0, 0.05) is 6.54 Å². The first-order valence-corrected chi connectivity index (χ1v) is 8.60. The summed E-state index contributed by atoms with van der Waals surface area (Å²) in [5.74, 6) is 0. The van der Waals surface area contributed by atoms with Gasteiger partial charge in [0.15, 0.2) is 0 Å². The van der Waals surface area contributed by atoms with Crippen molar-refractivity contribution in [1.29, 1.82) is 0 Å². The van der Waals surface area contributed by atoms with Crippen molar-refractivity contribution in [3.8, 4) is 0 Å². The van der Waals surface area contributed by atoms with E-state index in [1.165, 1.54) is 0 Å². The highest BCUT2D eigenvalue weighted by Crippen LogP contribution is 2.13. The molecule has 118 valence electrons. The molecular weight excluding hydrogens is 290 g/mol. The lowest BCUT2D eigenvalue weighted by Crippen LogP contribution is -2.41. The predicted octanol–water partition coefficient (Wildman–Crippen LogP) is 2.73. The lowest BCUT2D eigenvalue weighted by molar-refractivity contribution is 0.0393. The lowest BCUT2D eigenvalue weighted by atomic mass is 10.1.